The molecule has 0 amide bonds. The summed E-state index contributed by atoms with van der Waals surface area (Å²) < 4.78 is 0.531. The molecule has 1 heterocycles. The van der Waals surface area contributed by atoms with Crippen molar-refractivity contribution in [3.8, 4) is 6.19 Å². The second kappa shape index (κ2) is 4.94. The van der Waals surface area contributed by atoms with E-state index >= 15 is 0 Å². The van der Waals surface area contributed by atoms with E-state index in [2.05, 4.69) is 9.98 Å². The Kier molecular flexibility index (Phi) is 3.86. The third kappa shape index (κ3) is 2.98. The van der Waals surface area contributed by atoms with E-state index < -0.39 is 0 Å². The molecule has 0 aliphatic heterocycles. The van der Waals surface area contributed by atoms with Crippen molar-refractivity contribution in [2.24, 2.45) is 4.99 Å². The summed E-state index contributed by atoms with van der Waals surface area (Å²) in [5, 5.41) is 10.2. The molecular formula is C8H9ClN4S. The van der Waals surface area contributed by atoms with Crippen molar-refractivity contribution >= 4 is 28.8 Å². The number of nitriles is 1. The van der Waals surface area contributed by atoms with Gasteiger partial charge in [0, 0.05) is 12.4 Å². The molecule has 0 aromatic carbocycles. The summed E-state index contributed by atoms with van der Waals surface area (Å²) in [6.07, 6.45) is 1.74. The minimum Gasteiger partial charge on any atom is -0.357 e. The average molecular weight is 229 g/mol. The van der Waals surface area contributed by atoms with Crippen molar-refractivity contribution in [2.45, 2.75) is 13.5 Å². The van der Waals surface area contributed by atoms with Gasteiger partial charge in [-0.1, -0.05) is 11.6 Å². The van der Waals surface area contributed by atoms with Gasteiger partial charge in [0.1, 0.15) is 5.84 Å². The Morgan fingerprint density at radius 2 is 2.57 bits per heavy atom. The largest absolute Gasteiger partial charge is 0.357 e. The number of halogens is 1. The predicted molar refractivity (Wildman–Crippen MR) is 57.3 cm³/mol. The normalized spacial score (nSPS) is 11.1. The first kappa shape index (κ1) is 11.0. The molecule has 0 aliphatic rings. The minimum atomic E-state index is 0.531. The van der Waals surface area contributed by atoms with Gasteiger partial charge in [0.25, 0.3) is 0 Å². The highest BCUT2D eigenvalue weighted by atomic mass is 35.5. The molecule has 74 valence electrons. The Hall–Kier alpha value is -1.12. The van der Waals surface area contributed by atoms with Crippen LogP contribution in [-0.2, 0) is 6.54 Å². The molecule has 0 radical (unpaired) electrons. The van der Waals surface area contributed by atoms with Gasteiger partial charge < -0.3 is 4.90 Å². The number of thiazole rings is 1. The van der Waals surface area contributed by atoms with Crippen LogP contribution in [0.3, 0.4) is 0 Å². The maximum atomic E-state index is 8.36. The molecule has 0 fully saturated rings. The molecule has 1 aromatic heterocycles. The molecule has 0 bridgehead atoms. The highest BCUT2D eigenvalue weighted by Gasteiger charge is 2.05. The van der Waals surface area contributed by atoms with Crippen LogP contribution in [0.5, 0.6) is 0 Å². The van der Waals surface area contributed by atoms with E-state index in [-0.39, 0.29) is 0 Å². The molecule has 4 nitrogen and oxygen atoms in total. The van der Waals surface area contributed by atoms with Crippen molar-refractivity contribution in [2.75, 3.05) is 7.05 Å². The van der Waals surface area contributed by atoms with Crippen LogP contribution < -0.4 is 0 Å². The van der Waals surface area contributed by atoms with Gasteiger partial charge in [0.15, 0.2) is 4.47 Å². The molecular weight excluding hydrogens is 220 g/mol. The SMILES string of the molecule is CC(=NC#N)N(C)Cc1csc(Cl)n1. The summed E-state index contributed by atoms with van der Waals surface area (Å²) in [4.78, 5) is 9.56. The lowest BCUT2D eigenvalue weighted by Crippen LogP contribution is -2.23. The maximum Gasteiger partial charge on any atom is 0.207 e. The van der Waals surface area contributed by atoms with Gasteiger partial charge in [-0.2, -0.15) is 10.3 Å². The van der Waals surface area contributed by atoms with Crippen LogP contribution >= 0.6 is 22.9 Å². The summed E-state index contributed by atoms with van der Waals surface area (Å²) in [7, 11) is 1.85. The molecule has 0 N–H and O–H groups in total. The molecule has 1 aromatic rings. The standard InChI is InChI=1S/C8H9ClN4S/c1-6(11-5-10)13(2)3-7-4-14-8(9)12-7/h4H,3H2,1-2H3. The van der Waals surface area contributed by atoms with Crippen LogP contribution in [0, 0.1) is 11.5 Å². The van der Waals surface area contributed by atoms with E-state index in [1.165, 1.54) is 11.3 Å². The Balaban J connectivity index is 2.62. The molecule has 1 rings (SSSR count). The van der Waals surface area contributed by atoms with Crippen LogP contribution in [0.1, 0.15) is 12.6 Å². The second-order valence-electron chi connectivity index (χ2n) is 2.71. The highest BCUT2D eigenvalue weighted by Crippen LogP contribution is 2.15. The van der Waals surface area contributed by atoms with Crippen molar-refractivity contribution in [3.63, 3.8) is 0 Å². The van der Waals surface area contributed by atoms with E-state index in [4.69, 9.17) is 16.9 Å². The van der Waals surface area contributed by atoms with Crippen molar-refractivity contribution < 1.29 is 0 Å². The second-order valence-corrected chi connectivity index (χ2v) is 4.15. The molecule has 0 unspecified atom stereocenters. The van der Waals surface area contributed by atoms with Gasteiger partial charge in [-0.15, -0.1) is 11.3 Å². The maximum absolute atomic E-state index is 8.36. The average Bonchev–Trinajstić information content (AvgIpc) is 2.51. The van der Waals surface area contributed by atoms with Gasteiger partial charge in [0.05, 0.1) is 12.2 Å². The molecule has 14 heavy (non-hydrogen) atoms. The number of amidine groups is 1. The molecule has 6 heteroatoms. The van der Waals surface area contributed by atoms with E-state index in [1.807, 2.05) is 17.3 Å². The van der Waals surface area contributed by atoms with Gasteiger partial charge in [0.2, 0.25) is 6.19 Å². The summed E-state index contributed by atoms with van der Waals surface area (Å²) >= 11 is 7.09. The van der Waals surface area contributed by atoms with Crippen molar-refractivity contribution in [1.29, 1.82) is 5.26 Å². The first-order chi connectivity index (χ1) is 6.63. The van der Waals surface area contributed by atoms with Gasteiger partial charge in [-0.3, -0.25) is 0 Å². The lowest BCUT2D eigenvalue weighted by Gasteiger charge is -2.15. The Morgan fingerprint density at radius 3 is 3.07 bits per heavy atom. The topological polar surface area (TPSA) is 52.3 Å². The number of hydrogen-bond donors (Lipinski definition) is 0. The fourth-order valence-corrected chi connectivity index (χ4v) is 1.64. The Bertz CT molecular complexity index is 379. The van der Waals surface area contributed by atoms with E-state index in [1.54, 1.807) is 13.1 Å². The number of rotatable bonds is 2. The first-order valence-electron chi connectivity index (χ1n) is 3.88. The van der Waals surface area contributed by atoms with Gasteiger partial charge in [-0.25, -0.2) is 4.98 Å². The minimum absolute atomic E-state index is 0.531. The van der Waals surface area contributed by atoms with Crippen molar-refractivity contribution in [3.05, 3.63) is 15.5 Å². The molecule has 0 aliphatic carbocycles. The molecule has 0 saturated carbocycles. The summed E-state index contributed by atoms with van der Waals surface area (Å²) in [6.45, 7) is 2.39. The third-order valence-corrected chi connectivity index (χ3v) is 2.71. The van der Waals surface area contributed by atoms with Crippen LogP contribution in [0.25, 0.3) is 0 Å². The molecule has 0 atom stereocenters. The lowest BCUT2D eigenvalue weighted by atomic mass is 10.4. The van der Waals surface area contributed by atoms with Crippen LogP contribution in [0.2, 0.25) is 4.47 Å². The summed E-state index contributed by atoms with van der Waals surface area (Å²) in [5.74, 6) is 0.664. The first-order valence-corrected chi connectivity index (χ1v) is 5.13. The zero-order valence-electron chi connectivity index (χ0n) is 7.86. The van der Waals surface area contributed by atoms with E-state index in [9.17, 15) is 0 Å². The Labute approximate surface area is 91.5 Å². The summed E-state index contributed by atoms with van der Waals surface area (Å²) in [5.41, 5.74) is 0.884. The highest BCUT2D eigenvalue weighted by molar-refractivity contribution is 7.13. The predicted octanol–water partition coefficient (Wildman–Crippen LogP) is 2.13. The Morgan fingerprint density at radius 1 is 1.86 bits per heavy atom. The van der Waals surface area contributed by atoms with Crippen LogP contribution in [0.4, 0.5) is 0 Å². The van der Waals surface area contributed by atoms with Crippen LogP contribution in [-0.4, -0.2) is 22.8 Å². The summed E-state index contributed by atoms with van der Waals surface area (Å²) in [6, 6.07) is 0. The van der Waals surface area contributed by atoms with Gasteiger partial charge in [-0.05, 0) is 6.92 Å². The lowest BCUT2D eigenvalue weighted by molar-refractivity contribution is 0.491. The van der Waals surface area contributed by atoms with E-state index in [0.29, 0.717) is 16.8 Å². The fraction of sp³-hybridized carbons (Fsp3) is 0.375. The van der Waals surface area contributed by atoms with Crippen LogP contribution in [0.15, 0.2) is 10.4 Å². The fourth-order valence-electron chi connectivity index (χ4n) is 0.870. The smallest absolute Gasteiger partial charge is 0.207 e. The third-order valence-electron chi connectivity index (χ3n) is 1.69. The van der Waals surface area contributed by atoms with Gasteiger partial charge >= 0.3 is 0 Å². The number of aromatic nitrogens is 1. The number of hydrogen-bond acceptors (Lipinski definition) is 4. The monoisotopic (exact) mass is 228 g/mol. The zero-order chi connectivity index (χ0) is 10.6. The zero-order valence-corrected chi connectivity index (χ0v) is 9.43. The quantitative estimate of drug-likeness (QED) is 0.443. The molecule has 0 spiro atoms. The van der Waals surface area contributed by atoms with E-state index in [0.717, 1.165) is 5.69 Å². The number of nitrogens with zero attached hydrogens (tertiary/aromatic N) is 4. The van der Waals surface area contributed by atoms with Crippen molar-refractivity contribution in [1.82, 2.24) is 9.88 Å². The molecule has 0 saturated heterocycles. The number of aliphatic imine (C=N–C) groups is 1.